The van der Waals surface area contributed by atoms with Gasteiger partial charge in [0.15, 0.2) is 0 Å². The molecule has 2 aromatic heterocycles. The van der Waals surface area contributed by atoms with E-state index in [4.69, 9.17) is 0 Å². The molecule has 48 heavy (non-hydrogen) atoms. The Kier molecular flexibility index (Phi) is 9.24. The van der Waals surface area contributed by atoms with Crippen molar-refractivity contribution in [3.8, 4) is 5.69 Å². The lowest BCUT2D eigenvalue weighted by atomic mass is 10.0. The van der Waals surface area contributed by atoms with E-state index in [1.807, 2.05) is 35.0 Å². The normalized spacial score (nSPS) is 13.5. The molecule has 1 amide bonds. The lowest BCUT2D eigenvalue weighted by Crippen LogP contribution is -2.50. The molecule has 1 aliphatic rings. The molecule has 0 radical (unpaired) electrons. The molecule has 1 aliphatic heterocycles. The Labute approximate surface area is 273 Å². The molecule has 3 heterocycles. The first-order valence-corrected chi connectivity index (χ1v) is 15.1. The number of pyridine rings is 1. The van der Waals surface area contributed by atoms with Crippen LogP contribution in [0, 0.1) is 17.5 Å². The highest BCUT2D eigenvalue weighted by Crippen LogP contribution is 2.21. The summed E-state index contributed by atoms with van der Waals surface area (Å²) in [5, 5.41) is 11.0. The van der Waals surface area contributed by atoms with Crippen molar-refractivity contribution in [2.75, 3.05) is 31.1 Å². The minimum absolute atomic E-state index is 0.155. The van der Waals surface area contributed by atoms with Crippen LogP contribution in [-0.4, -0.2) is 62.0 Å². The molecule has 0 atom stereocenters. The van der Waals surface area contributed by atoms with Gasteiger partial charge in [-0.15, -0.1) is 0 Å². The summed E-state index contributed by atoms with van der Waals surface area (Å²) in [5.41, 5.74) is 0.814. The Morgan fingerprint density at radius 3 is 2.19 bits per heavy atom. The summed E-state index contributed by atoms with van der Waals surface area (Å²) < 4.78 is 46.4. The molecular weight excluding hydrogens is 623 g/mol. The number of carbonyl (C=O) groups is 2. The van der Waals surface area contributed by atoms with Gasteiger partial charge in [0.2, 0.25) is 5.78 Å². The fraction of sp³-hybridized carbons (Fsp3) is 0.167. The van der Waals surface area contributed by atoms with E-state index in [9.17, 15) is 32.7 Å². The van der Waals surface area contributed by atoms with Crippen LogP contribution in [0.15, 0.2) is 109 Å². The highest BCUT2D eigenvalue weighted by molar-refractivity contribution is 6.41. The number of carbonyl (C=O) groups excluding carboxylic acids is 2. The van der Waals surface area contributed by atoms with Gasteiger partial charge in [0.1, 0.15) is 23.2 Å². The van der Waals surface area contributed by atoms with Gasteiger partial charge in [-0.2, -0.15) is 0 Å². The van der Waals surface area contributed by atoms with Crippen molar-refractivity contribution in [2.45, 2.75) is 13.0 Å². The summed E-state index contributed by atoms with van der Waals surface area (Å²) in [5.74, 6) is -4.90. The second-order valence-electron chi connectivity index (χ2n) is 11.3. The van der Waals surface area contributed by atoms with E-state index < -0.39 is 40.5 Å². The van der Waals surface area contributed by atoms with E-state index in [1.165, 1.54) is 41.4 Å². The van der Waals surface area contributed by atoms with Crippen LogP contribution in [0.2, 0.25) is 0 Å². The molecule has 0 spiro atoms. The predicted molar refractivity (Wildman–Crippen MR) is 173 cm³/mol. The topological polar surface area (TPSA) is 101 Å². The number of aromatic nitrogens is 3. The highest BCUT2D eigenvalue weighted by atomic mass is 19.1. The number of imidazole rings is 1. The monoisotopic (exact) mass is 653 g/mol. The van der Waals surface area contributed by atoms with Crippen molar-refractivity contribution in [1.29, 1.82) is 0 Å². The number of hydrogen-bond acceptors (Lipinski definition) is 6. The molecule has 0 unspecified atom stereocenters. The molecule has 1 saturated heterocycles. The lowest BCUT2D eigenvalue weighted by molar-refractivity contribution is -0.142. The first-order valence-electron chi connectivity index (χ1n) is 15.1. The third kappa shape index (κ3) is 6.92. The Balaban J connectivity index is 1.20. The van der Waals surface area contributed by atoms with Crippen molar-refractivity contribution in [1.82, 2.24) is 19.0 Å². The zero-order valence-electron chi connectivity index (χ0n) is 25.6. The second kappa shape index (κ2) is 13.8. The summed E-state index contributed by atoms with van der Waals surface area (Å²) in [4.78, 5) is 47.1. The Bertz CT molecular complexity index is 2030. The van der Waals surface area contributed by atoms with Crippen LogP contribution in [-0.2, 0) is 22.6 Å². The van der Waals surface area contributed by atoms with Gasteiger partial charge in [0.25, 0.3) is 11.5 Å². The van der Waals surface area contributed by atoms with Crippen LogP contribution in [0.3, 0.4) is 0 Å². The molecular formula is C36H30F3N5O4. The number of aliphatic hydroxyl groups excluding tert-OH is 1. The van der Waals surface area contributed by atoms with E-state index in [0.717, 1.165) is 28.1 Å². The highest BCUT2D eigenvalue weighted by Gasteiger charge is 2.26. The average molecular weight is 654 g/mol. The predicted octanol–water partition coefficient (Wildman–Crippen LogP) is 4.91. The number of anilines is 1. The number of halogens is 3. The minimum atomic E-state index is -1.05. The average Bonchev–Trinajstić information content (AvgIpc) is 3.64. The van der Waals surface area contributed by atoms with E-state index in [0.29, 0.717) is 19.2 Å². The van der Waals surface area contributed by atoms with E-state index >= 15 is 0 Å². The van der Waals surface area contributed by atoms with Crippen LogP contribution in [0.4, 0.5) is 18.9 Å². The molecule has 244 valence electrons. The van der Waals surface area contributed by atoms with E-state index in [-0.39, 0.29) is 48.3 Å². The lowest BCUT2D eigenvalue weighted by Gasteiger charge is -2.35. The fourth-order valence-electron chi connectivity index (χ4n) is 5.65. The van der Waals surface area contributed by atoms with Crippen molar-refractivity contribution in [2.24, 2.45) is 0 Å². The number of amides is 1. The molecule has 0 aliphatic carbocycles. The number of hydrogen-bond donors (Lipinski definition) is 1. The standard InChI is InChI=1S/C36H30F3N5O4/c37-30-5-2-1-4-25(30)22-44-21-24(18-28-31(38)6-3-7-32(28)39)19-29(35(44)47)33(45)20-34(46)36(48)42-16-14-41(15-17-42)26-8-10-27(11-9-26)43-13-12-40-23-43/h1-13,19-21,23,45H,14-18,22H2/b33-20+. The maximum absolute atomic E-state index is 14.5. The van der Waals surface area contributed by atoms with Gasteiger partial charge < -0.3 is 24.0 Å². The summed E-state index contributed by atoms with van der Waals surface area (Å²) in [7, 11) is 0. The maximum atomic E-state index is 14.5. The maximum Gasteiger partial charge on any atom is 0.294 e. The van der Waals surface area contributed by atoms with Crippen LogP contribution < -0.4 is 10.5 Å². The first-order chi connectivity index (χ1) is 23.2. The summed E-state index contributed by atoms with van der Waals surface area (Å²) in [6.45, 7) is 1.18. The molecule has 1 N–H and O–H groups in total. The molecule has 6 rings (SSSR count). The summed E-state index contributed by atoms with van der Waals surface area (Å²) >= 11 is 0. The zero-order chi connectivity index (χ0) is 33.8. The molecule has 0 saturated carbocycles. The van der Waals surface area contributed by atoms with Crippen molar-refractivity contribution in [3.05, 3.63) is 154 Å². The SMILES string of the molecule is O=C(/C=C(/O)c1cc(Cc2c(F)cccc2F)cn(Cc2ccccc2F)c1=O)C(=O)N1CCN(c2ccc(-n3ccnc3)cc2)CC1. The minimum Gasteiger partial charge on any atom is -0.507 e. The fourth-order valence-corrected chi connectivity index (χ4v) is 5.65. The first kappa shape index (κ1) is 32.0. The van der Waals surface area contributed by atoms with Crippen molar-refractivity contribution >= 4 is 23.1 Å². The van der Waals surface area contributed by atoms with Crippen LogP contribution in [0.5, 0.6) is 0 Å². The Morgan fingerprint density at radius 1 is 0.854 bits per heavy atom. The third-order valence-corrected chi connectivity index (χ3v) is 8.22. The molecule has 3 aromatic carbocycles. The smallest absolute Gasteiger partial charge is 0.294 e. The Morgan fingerprint density at radius 2 is 1.52 bits per heavy atom. The molecule has 5 aromatic rings. The van der Waals surface area contributed by atoms with Crippen LogP contribution in [0.25, 0.3) is 11.4 Å². The van der Waals surface area contributed by atoms with Gasteiger partial charge in [-0.3, -0.25) is 14.4 Å². The van der Waals surface area contributed by atoms with Gasteiger partial charge >= 0.3 is 0 Å². The number of nitrogens with zero attached hydrogens (tertiary/aromatic N) is 5. The molecule has 1 fully saturated rings. The quantitative estimate of drug-likeness (QED) is 0.138. The third-order valence-electron chi connectivity index (χ3n) is 8.22. The zero-order valence-corrected chi connectivity index (χ0v) is 25.6. The number of aliphatic hydroxyl groups is 1. The van der Waals surface area contributed by atoms with Crippen molar-refractivity contribution < 1.29 is 27.9 Å². The molecule has 0 bridgehead atoms. The number of rotatable bonds is 9. The van der Waals surface area contributed by atoms with E-state index in [2.05, 4.69) is 9.88 Å². The summed E-state index contributed by atoms with van der Waals surface area (Å²) in [6.07, 6.45) is 6.91. The van der Waals surface area contributed by atoms with E-state index in [1.54, 1.807) is 18.6 Å². The summed E-state index contributed by atoms with van der Waals surface area (Å²) in [6, 6.07) is 18.2. The van der Waals surface area contributed by atoms with Gasteiger partial charge in [-0.05, 0) is 54.1 Å². The van der Waals surface area contributed by atoms with Gasteiger partial charge in [0.05, 0.1) is 18.4 Å². The number of piperazine rings is 1. The molecule has 9 nitrogen and oxygen atoms in total. The van der Waals surface area contributed by atoms with Gasteiger partial charge in [-0.25, -0.2) is 18.2 Å². The largest absolute Gasteiger partial charge is 0.507 e. The van der Waals surface area contributed by atoms with Crippen molar-refractivity contribution in [3.63, 3.8) is 0 Å². The van der Waals surface area contributed by atoms with Crippen LogP contribution in [0.1, 0.15) is 22.3 Å². The second-order valence-corrected chi connectivity index (χ2v) is 11.3. The van der Waals surface area contributed by atoms with Gasteiger partial charge in [-0.1, -0.05) is 24.3 Å². The van der Waals surface area contributed by atoms with Gasteiger partial charge in [0, 0.05) is 79.8 Å². The Hall–Kier alpha value is -5.91. The van der Waals surface area contributed by atoms with Crippen LogP contribution >= 0.6 is 0 Å². The number of benzene rings is 3. The molecule has 12 heteroatoms. The number of ketones is 1.